The third-order valence-electron chi connectivity index (χ3n) is 7.43. The lowest BCUT2D eigenvalue weighted by molar-refractivity contribution is 0.0964. The molecule has 0 bridgehead atoms. The molecule has 3 aromatic heterocycles. The molecule has 3 heterocycles. The van der Waals surface area contributed by atoms with Gasteiger partial charge >= 0.3 is 0 Å². The lowest BCUT2D eigenvalue weighted by Crippen LogP contribution is -2.34. The Morgan fingerprint density at radius 2 is 1.79 bits per heavy atom. The van der Waals surface area contributed by atoms with Crippen molar-refractivity contribution in [1.82, 2.24) is 19.6 Å². The van der Waals surface area contributed by atoms with Crippen LogP contribution in [0.3, 0.4) is 0 Å². The number of oxazole rings is 1. The second-order valence-corrected chi connectivity index (χ2v) is 13.6. The molecule has 6 aromatic rings. The van der Waals surface area contributed by atoms with Crippen molar-refractivity contribution in [3.63, 3.8) is 0 Å². The highest BCUT2D eigenvalue weighted by atomic mass is 32.2. The molecule has 0 saturated heterocycles. The fourth-order valence-corrected chi connectivity index (χ4v) is 6.69. The van der Waals surface area contributed by atoms with Crippen LogP contribution in [0.15, 0.2) is 87.8 Å². The summed E-state index contributed by atoms with van der Waals surface area (Å²) >= 11 is -2.54. The predicted molar refractivity (Wildman–Crippen MR) is 178 cm³/mol. The van der Waals surface area contributed by atoms with Gasteiger partial charge in [0.15, 0.2) is 11.2 Å². The normalized spacial score (nSPS) is 13.3. The number of amides is 1. The number of aromatic nitrogens is 2. The summed E-state index contributed by atoms with van der Waals surface area (Å²) in [6, 6.07) is 19.7. The molecule has 12 nitrogen and oxygen atoms in total. The van der Waals surface area contributed by atoms with Gasteiger partial charge < -0.3 is 14.2 Å². The van der Waals surface area contributed by atoms with E-state index in [0.717, 1.165) is 10.6 Å². The van der Waals surface area contributed by atoms with Crippen LogP contribution in [0, 0.1) is 5.82 Å². The maximum atomic E-state index is 13.8. The molecule has 248 valence electrons. The number of hydrogen-bond acceptors (Lipinski definition) is 9. The molecule has 1 amide bonds. The van der Waals surface area contributed by atoms with Gasteiger partial charge in [-0.15, -0.1) is 0 Å². The van der Waals surface area contributed by atoms with Gasteiger partial charge in [-0.2, -0.15) is 17.7 Å². The number of carbonyl (C=O) groups is 1. The van der Waals surface area contributed by atoms with E-state index >= 15 is 0 Å². The quantitative estimate of drug-likeness (QED) is 0.126. The Morgan fingerprint density at radius 1 is 1.04 bits per heavy atom. The van der Waals surface area contributed by atoms with E-state index in [0.29, 0.717) is 50.3 Å². The van der Waals surface area contributed by atoms with Crippen LogP contribution in [0.25, 0.3) is 56.1 Å². The summed E-state index contributed by atoms with van der Waals surface area (Å²) in [5, 5.41) is 3.08. The van der Waals surface area contributed by atoms with Crippen LogP contribution < -0.4 is 5.32 Å². The topological polar surface area (TPSA) is 165 Å². The Hall–Kier alpha value is -4.80. The van der Waals surface area contributed by atoms with Crippen LogP contribution >= 0.6 is 0 Å². The third kappa shape index (κ3) is 7.05. The number of carbonyl (C=O) groups excluding carboxylic acids is 1. The zero-order chi connectivity index (χ0) is 34.2. The Bertz CT molecular complexity index is 2250. The first kappa shape index (κ1) is 33.1. The molecule has 0 fully saturated rings. The number of nitrogens with zero attached hydrogens (tertiary/aromatic N) is 3. The maximum absolute atomic E-state index is 13.8. The number of furan rings is 1. The number of pyridine rings is 1. The van der Waals surface area contributed by atoms with E-state index in [-0.39, 0.29) is 30.0 Å². The standard InChI is InChI=1S/C33H29FN4O8S2/c1-19(46-48(3,42)43)17-38(47(40)41)18-23-15-28-26(29(32(39)35-2)30(44-28)20-9-11-24(34)12-10-20)16-25(23)21-6-4-7-22(14-21)33-37-31-27(45-33)8-5-13-36-31/h4-16,19H,17-18H2,1-3H3,(H,35,39)(H,40,41). The summed E-state index contributed by atoms with van der Waals surface area (Å²) in [5.41, 5.74) is 4.27. The third-order valence-corrected chi connectivity index (χ3v) is 8.83. The van der Waals surface area contributed by atoms with E-state index in [1.807, 2.05) is 18.2 Å². The van der Waals surface area contributed by atoms with Gasteiger partial charge in [-0.3, -0.25) is 13.5 Å². The first-order chi connectivity index (χ1) is 22.9. The van der Waals surface area contributed by atoms with E-state index in [1.165, 1.54) is 38.2 Å². The first-order valence-corrected chi connectivity index (χ1v) is 17.4. The van der Waals surface area contributed by atoms with Gasteiger partial charge in [-0.1, -0.05) is 12.1 Å². The smallest absolute Gasteiger partial charge is 0.264 e. The van der Waals surface area contributed by atoms with Crippen molar-refractivity contribution < 1.29 is 39.4 Å². The fourth-order valence-electron chi connectivity index (χ4n) is 5.44. The van der Waals surface area contributed by atoms with E-state index in [2.05, 4.69) is 15.3 Å². The minimum Gasteiger partial charge on any atom is -0.455 e. The van der Waals surface area contributed by atoms with Crippen molar-refractivity contribution in [2.24, 2.45) is 0 Å². The highest BCUT2D eigenvalue weighted by Gasteiger charge is 2.26. The first-order valence-electron chi connectivity index (χ1n) is 14.5. The lowest BCUT2D eigenvalue weighted by Gasteiger charge is -2.23. The molecule has 0 aliphatic carbocycles. The molecule has 0 aliphatic rings. The Kier molecular flexibility index (Phi) is 9.22. The van der Waals surface area contributed by atoms with E-state index in [4.69, 9.17) is 13.0 Å². The molecule has 6 rings (SSSR count). The summed E-state index contributed by atoms with van der Waals surface area (Å²) in [6.07, 6.45) is 1.56. The number of nitrogens with one attached hydrogen (secondary N) is 1. The van der Waals surface area contributed by atoms with Crippen molar-refractivity contribution in [2.45, 2.75) is 19.6 Å². The lowest BCUT2D eigenvalue weighted by atomic mass is 9.94. The summed E-state index contributed by atoms with van der Waals surface area (Å²) in [6.45, 7) is 1.11. The van der Waals surface area contributed by atoms with Gasteiger partial charge in [-0.05, 0) is 84.3 Å². The second kappa shape index (κ2) is 13.4. The largest absolute Gasteiger partial charge is 0.455 e. The monoisotopic (exact) mass is 692 g/mol. The van der Waals surface area contributed by atoms with Crippen LogP contribution in [-0.2, 0) is 32.1 Å². The number of halogens is 1. The summed E-state index contributed by atoms with van der Waals surface area (Å²) in [4.78, 5) is 22.0. The van der Waals surface area contributed by atoms with E-state index in [9.17, 15) is 26.4 Å². The molecule has 2 atom stereocenters. The average Bonchev–Trinajstić information content (AvgIpc) is 3.65. The molecule has 48 heavy (non-hydrogen) atoms. The van der Waals surface area contributed by atoms with Gasteiger partial charge in [0, 0.05) is 42.8 Å². The summed E-state index contributed by atoms with van der Waals surface area (Å²) in [5.74, 6) is -0.366. The SMILES string of the molecule is CNC(=O)c1c(-c2ccc(F)cc2)oc2cc(CN(CC(C)OS(C)(=O)=O)S(=O)O)c(-c3cccc(-c4nc5ncccc5o4)c3)cc12. The molecule has 2 N–H and O–H groups in total. The van der Waals surface area contributed by atoms with Crippen LogP contribution in [0.4, 0.5) is 4.39 Å². The van der Waals surface area contributed by atoms with Crippen LogP contribution in [0.1, 0.15) is 22.8 Å². The van der Waals surface area contributed by atoms with Gasteiger partial charge in [-0.25, -0.2) is 13.6 Å². The minimum absolute atomic E-state index is 0.148. The molecule has 0 saturated carbocycles. The Balaban J connectivity index is 1.53. The average molecular weight is 693 g/mol. The highest BCUT2D eigenvalue weighted by molar-refractivity contribution is 7.86. The molecule has 0 radical (unpaired) electrons. The molecular weight excluding hydrogens is 664 g/mol. The summed E-state index contributed by atoms with van der Waals surface area (Å²) in [7, 11) is -2.35. The van der Waals surface area contributed by atoms with Gasteiger partial charge in [0.05, 0.1) is 17.9 Å². The van der Waals surface area contributed by atoms with Crippen molar-refractivity contribution >= 4 is 49.5 Å². The van der Waals surface area contributed by atoms with Gasteiger partial charge in [0.1, 0.15) is 17.2 Å². The predicted octanol–water partition coefficient (Wildman–Crippen LogP) is 5.77. The highest BCUT2D eigenvalue weighted by Crippen LogP contribution is 2.39. The molecule has 15 heteroatoms. The zero-order valence-electron chi connectivity index (χ0n) is 25.8. The Morgan fingerprint density at radius 3 is 2.48 bits per heavy atom. The number of fused-ring (bicyclic) bond motifs is 2. The summed E-state index contributed by atoms with van der Waals surface area (Å²) < 4.78 is 78.3. The van der Waals surface area contributed by atoms with E-state index in [1.54, 1.807) is 36.5 Å². The van der Waals surface area contributed by atoms with Crippen molar-refractivity contribution in [3.05, 3.63) is 95.9 Å². The number of hydrogen-bond donors (Lipinski definition) is 2. The van der Waals surface area contributed by atoms with E-state index < -0.39 is 39.2 Å². The Labute approximate surface area is 277 Å². The van der Waals surface area contributed by atoms with Crippen molar-refractivity contribution in [3.8, 4) is 33.9 Å². The second-order valence-electron chi connectivity index (χ2n) is 11.0. The minimum atomic E-state index is -3.83. The fraction of sp³-hybridized carbons (Fsp3) is 0.182. The van der Waals surface area contributed by atoms with Crippen molar-refractivity contribution in [2.75, 3.05) is 19.8 Å². The molecule has 2 unspecified atom stereocenters. The number of benzene rings is 3. The zero-order valence-corrected chi connectivity index (χ0v) is 27.5. The maximum Gasteiger partial charge on any atom is 0.264 e. The molecule has 0 aliphatic heterocycles. The van der Waals surface area contributed by atoms with Gasteiger partial charge in [0.25, 0.3) is 16.0 Å². The van der Waals surface area contributed by atoms with Crippen LogP contribution in [0.5, 0.6) is 0 Å². The van der Waals surface area contributed by atoms with Gasteiger partial charge in [0.2, 0.25) is 17.2 Å². The molecule has 0 spiro atoms. The molecule has 3 aromatic carbocycles. The molecular formula is C33H29FN4O8S2. The van der Waals surface area contributed by atoms with Crippen molar-refractivity contribution in [1.29, 1.82) is 0 Å². The number of rotatable bonds is 11. The van der Waals surface area contributed by atoms with Crippen LogP contribution in [0.2, 0.25) is 0 Å². The van der Waals surface area contributed by atoms with Crippen LogP contribution in [-0.4, -0.2) is 63.3 Å².